The molecule has 20 nitrogen and oxygen atoms in total. The molecule has 13 N–H and O–H groups in total. The maximum atomic E-state index is 13.6. The second-order valence-electron chi connectivity index (χ2n) is 23.7. The zero-order valence-electron chi connectivity index (χ0n) is 40.7. The number of allylic oxidation sites excluding steroid dienone is 2. The minimum Gasteiger partial charge on any atom is -0.469 e. The molecule has 6 aliphatic carbocycles. The summed E-state index contributed by atoms with van der Waals surface area (Å²) in [5.41, 5.74) is -3.50. The van der Waals surface area contributed by atoms with E-state index >= 15 is 0 Å². The second kappa shape index (κ2) is 19.3. The molecule has 2 heterocycles. The molecule has 0 aromatic carbocycles. The number of esters is 1. The lowest BCUT2D eigenvalue weighted by Gasteiger charge is -2.72. The molecule has 8 aliphatic rings. The first-order valence-corrected chi connectivity index (χ1v) is 25.0. The fraction of sp³-hybridized carbons (Fsp3) is 0.939. The molecule has 20 heteroatoms. The maximum absolute atomic E-state index is 13.6. The van der Waals surface area contributed by atoms with Crippen molar-refractivity contribution in [3.8, 4) is 0 Å². The van der Waals surface area contributed by atoms with Crippen LogP contribution >= 0.6 is 0 Å². The van der Waals surface area contributed by atoms with Gasteiger partial charge in [-0.05, 0) is 105 Å². The van der Waals surface area contributed by atoms with Gasteiger partial charge in [0.2, 0.25) is 0 Å². The van der Waals surface area contributed by atoms with Crippen molar-refractivity contribution in [2.75, 3.05) is 33.5 Å². The van der Waals surface area contributed by atoms with E-state index in [0.29, 0.717) is 51.4 Å². The van der Waals surface area contributed by atoms with E-state index in [1.165, 1.54) is 7.11 Å². The van der Waals surface area contributed by atoms with E-state index in [2.05, 4.69) is 26.8 Å². The number of fused-ring (bicyclic) bond motifs is 7. The Morgan fingerprint density at radius 1 is 0.768 bits per heavy atom. The van der Waals surface area contributed by atoms with Gasteiger partial charge >= 0.3 is 5.97 Å². The first-order valence-electron chi connectivity index (χ1n) is 25.0. The van der Waals surface area contributed by atoms with E-state index < -0.39 is 162 Å². The third-order valence-electron chi connectivity index (χ3n) is 20.5. The molecule has 7 fully saturated rings. The number of carbonyl (C=O) groups is 1. The molecule has 0 aromatic rings. The minimum absolute atomic E-state index is 0.0644. The normalized spacial score (nSPS) is 54.8. The van der Waals surface area contributed by atoms with Gasteiger partial charge in [0.25, 0.3) is 0 Å². The first-order chi connectivity index (χ1) is 32.4. The summed E-state index contributed by atoms with van der Waals surface area (Å²) in [4.78, 5) is 19.0. The smallest absolute Gasteiger partial charge is 0.311 e. The predicted octanol–water partition coefficient (Wildman–Crippen LogP) is -1.10. The summed E-state index contributed by atoms with van der Waals surface area (Å²) >= 11 is 0. The van der Waals surface area contributed by atoms with Crippen molar-refractivity contribution in [1.29, 1.82) is 0 Å². The fourth-order valence-electron chi connectivity index (χ4n) is 16.3. The van der Waals surface area contributed by atoms with Crippen LogP contribution in [0.4, 0.5) is 0 Å². The number of carbonyl (C=O) groups excluding carboxylic acids is 1. The van der Waals surface area contributed by atoms with Crippen LogP contribution in [0.2, 0.25) is 0 Å². The van der Waals surface area contributed by atoms with E-state index in [1.54, 1.807) is 0 Å². The standard InChI is InChI=1S/C49H80O20/c1-44(43(62)64-6)11-13-49(41(69-63)38-37(61)36(60)34(58)28(19-51)67-38)14-12-47(4)23(24(49)16-44)7-8-30-45(2)17-25(53)40(46(3,21-52)29(45)9-10-48(30,47)5)68-42-39(32(56)26(54)20-65-42)66-27-15-22(18-50)31(55)35(59)33(27)57/h7,22,24-42,50-61,63H,8-21H2,1-6H3/t22-,24-,25+,26-,27-,28-,29+,30-,31-,32+,33+,34-,35+,36+,37-,38-,39-,40+,41-,42+,44+,45+,46+,47-,48-,49+/m1/s1. The highest BCUT2D eigenvalue weighted by Crippen LogP contribution is 2.76. The summed E-state index contributed by atoms with van der Waals surface area (Å²) in [5, 5.41) is 142. The molecule has 0 radical (unpaired) electrons. The van der Waals surface area contributed by atoms with Crippen molar-refractivity contribution in [3.05, 3.63) is 11.6 Å². The quantitative estimate of drug-likeness (QED) is 0.0384. The number of aliphatic hydroxyl groups is 12. The van der Waals surface area contributed by atoms with Crippen molar-refractivity contribution in [2.24, 2.45) is 56.2 Å². The van der Waals surface area contributed by atoms with Crippen molar-refractivity contribution in [2.45, 2.75) is 197 Å². The Kier molecular flexibility index (Phi) is 15.1. The highest BCUT2D eigenvalue weighted by Gasteiger charge is 2.72. The summed E-state index contributed by atoms with van der Waals surface area (Å²) < 4.78 is 30.2. The van der Waals surface area contributed by atoms with Gasteiger partial charge in [0.15, 0.2) is 6.29 Å². The van der Waals surface area contributed by atoms with Crippen LogP contribution in [-0.2, 0) is 33.4 Å². The van der Waals surface area contributed by atoms with Crippen LogP contribution < -0.4 is 0 Å². The molecule has 0 aromatic heterocycles. The molecule has 69 heavy (non-hydrogen) atoms. The second-order valence-corrected chi connectivity index (χ2v) is 23.7. The van der Waals surface area contributed by atoms with Crippen LogP contribution in [0, 0.1) is 56.2 Å². The summed E-state index contributed by atoms with van der Waals surface area (Å²) in [6, 6.07) is 0. The molecule has 0 amide bonds. The van der Waals surface area contributed by atoms with Crippen molar-refractivity contribution < 1.29 is 99.9 Å². The highest BCUT2D eigenvalue weighted by molar-refractivity contribution is 5.76. The molecular weight excluding hydrogens is 909 g/mol. The molecule has 0 spiro atoms. The third kappa shape index (κ3) is 8.12. The topological polar surface area (TPSA) is 335 Å². The lowest BCUT2D eigenvalue weighted by molar-refractivity contribution is -0.366. The molecule has 2 aliphatic heterocycles. The fourth-order valence-corrected chi connectivity index (χ4v) is 16.3. The van der Waals surface area contributed by atoms with Crippen LogP contribution in [0.3, 0.4) is 0 Å². The van der Waals surface area contributed by atoms with Gasteiger partial charge in [-0.1, -0.05) is 39.3 Å². The molecule has 8 rings (SSSR count). The molecule has 0 bridgehead atoms. The van der Waals surface area contributed by atoms with Gasteiger partial charge in [-0.15, -0.1) is 0 Å². The van der Waals surface area contributed by atoms with Crippen LogP contribution in [0.25, 0.3) is 0 Å². The summed E-state index contributed by atoms with van der Waals surface area (Å²) in [5.74, 6) is -1.98. The zero-order valence-corrected chi connectivity index (χ0v) is 40.7. The number of aliphatic hydroxyl groups excluding tert-OH is 12. The average Bonchev–Trinajstić information content (AvgIpc) is 3.32. The predicted molar refractivity (Wildman–Crippen MR) is 238 cm³/mol. The first kappa shape index (κ1) is 53.8. The van der Waals surface area contributed by atoms with Crippen molar-refractivity contribution >= 4 is 5.97 Å². The average molecular weight is 989 g/mol. The summed E-state index contributed by atoms with van der Waals surface area (Å²) in [7, 11) is 1.35. The molecule has 2 saturated heterocycles. The number of rotatable bonds is 11. The Bertz CT molecular complexity index is 1870. The lowest BCUT2D eigenvalue weighted by Crippen LogP contribution is -2.70. The van der Waals surface area contributed by atoms with Gasteiger partial charge in [0.05, 0.1) is 56.8 Å². The van der Waals surface area contributed by atoms with Crippen LogP contribution in [0.15, 0.2) is 11.6 Å². The number of methoxy groups -OCH3 is 1. The van der Waals surface area contributed by atoms with Crippen molar-refractivity contribution in [1.82, 2.24) is 0 Å². The van der Waals surface area contributed by atoms with Gasteiger partial charge < -0.3 is 85.0 Å². The Morgan fingerprint density at radius 2 is 1.45 bits per heavy atom. The molecule has 0 unspecified atom stereocenters. The summed E-state index contributed by atoms with van der Waals surface area (Å²) in [6.45, 7) is 8.49. The molecule has 26 atom stereocenters. The Balaban J connectivity index is 1.11. The minimum atomic E-state index is -1.71. The number of hydrogen-bond donors (Lipinski definition) is 13. The van der Waals surface area contributed by atoms with E-state index in [0.717, 1.165) is 5.57 Å². The van der Waals surface area contributed by atoms with Crippen LogP contribution in [0.1, 0.15) is 98.8 Å². The zero-order chi connectivity index (χ0) is 50.6. The molecular formula is C49H80O20. The van der Waals surface area contributed by atoms with E-state index in [9.17, 15) is 71.3 Å². The van der Waals surface area contributed by atoms with E-state index in [4.69, 9.17) is 28.6 Å². The van der Waals surface area contributed by atoms with E-state index in [-0.39, 0.29) is 37.3 Å². The van der Waals surface area contributed by atoms with Gasteiger partial charge in [-0.25, -0.2) is 4.89 Å². The number of hydrogen-bond acceptors (Lipinski definition) is 20. The Labute approximate surface area is 403 Å². The van der Waals surface area contributed by atoms with Gasteiger partial charge in [0.1, 0.15) is 67.1 Å². The summed E-state index contributed by atoms with van der Waals surface area (Å²) in [6.07, 6.45) is -16.7. The van der Waals surface area contributed by atoms with Gasteiger partial charge in [-0.2, -0.15) is 0 Å². The highest BCUT2D eigenvalue weighted by atomic mass is 17.1. The monoisotopic (exact) mass is 989 g/mol. The third-order valence-corrected chi connectivity index (χ3v) is 20.5. The van der Waals surface area contributed by atoms with Gasteiger partial charge in [-0.3, -0.25) is 10.1 Å². The Hall–Kier alpha value is -1.51. The SMILES string of the molecule is COC(=O)[C@@]1(C)CC[C@]2([C@H](OO)[C@@H]3O[C@H](CO)[C@@H](O)[C@H](O)[C@H]3O)CC[C@]3(C)C(=CC[C@@H]4[C@@]5(C)C[C@H](O)[C@H](O[C@@H]6OC[C@@H](O)[C@H](O)[C@H]6O[C@@H]6C[C@H](CO)[C@@H](O)[C@H](O)[C@H]6O)[C@@](C)(CO)[C@H]5CC[C@]43C)[C@H]2C1. The maximum Gasteiger partial charge on any atom is 0.311 e. The lowest BCUT2D eigenvalue weighted by atomic mass is 9.33. The largest absolute Gasteiger partial charge is 0.469 e. The number of ether oxygens (including phenoxy) is 5. The molecule has 5 saturated carbocycles. The van der Waals surface area contributed by atoms with Gasteiger partial charge in [0, 0.05) is 23.4 Å². The van der Waals surface area contributed by atoms with E-state index in [1.807, 2.05) is 13.8 Å². The Morgan fingerprint density at radius 3 is 2.09 bits per heavy atom. The van der Waals surface area contributed by atoms with Crippen molar-refractivity contribution in [3.63, 3.8) is 0 Å². The van der Waals surface area contributed by atoms with Crippen LogP contribution in [0.5, 0.6) is 0 Å². The molecule has 396 valence electrons. The van der Waals surface area contributed by atoms with Crippen LogP contribution in [-0.4, -0.2) is 204 Å².